The van der Waals surface area contributed by atoms with E-state index in [9.17, 15) is 4.79 Å². The highest BCUT2D eigenvalue weighted by atomic mass is 16.5. The standard InChI is InChI=1S/C21H25N3O3/c1-2-26-18-12-10-16(11-13-18)20(25)24-21(22-15-19-9-6-14-27-19)23-17-7-4-3-5-8-17/h3-5,7-8,10-13,19H,2,6,9,14-15H2,1H3,(H2,22,23,24,25)/t19-/m1/s1. The maximum Gasteiger partial charge on any atom is 0.257 e. The Bertz CT molecular complexity index is 754. The summed E-state index contributed by atoms with van der Waals surface area (Å²) in [7, 11) is 0. The summed E-state index contributed by atoms with van der Waals surface area (Å²) >= 11 is 0. The number of ether oxygens (including phenoxy) is 2. The van der Waals surface area contributed by atoms with Gasteiger partial charge in [-0.25, -0.2) is 4.99 Å². The minimum Gasteiger partial charge on any atom is -0.494 e. The quantitative estimate of drug-likeness (QED) is 0.606. The van der Waals surface area contributed by atoms with Gasteiger partial charge in [0.25, 0.3) is 5.91 Å². The van der Waals surface area contributed by atoms with Gasteiger partial charge in [-0.2, -0.15) is 0 Å². The number of nitrogens with zero attached hydrogens (tertiary/aromatic N) is 1. The number of nitrogens with one attached hydrogen (secondary N) is 2. The number of guanidine groups is 1. The number of para-hydroxylation sites is 1. The van der Waals surface area contributed by atoms with Crippen LogP contribution in [0.4, 0.5) is 5.69 Å². The number of hydrogen-bond acceptors (Lipinski definition) is 4. The van der Waals surface area contributed by atoms with Gasteiger partial charge >= 0.3 is 0 Å². The van der Waals surface area contributed by atoms with Gasteiger partial charge in [-0.05, 0) is 56.2 Å². The van der Waals surface area contributed by atoms with E-state index in [0.29, 0.717) is 24.7 Å². The second-order valence-corrected chi connectivity index (χ2v) is 6.23. The SMILES string of the molecule is CCOc1ccc(C(=O)NC(=NC[C@H]2CCCO2)Nc2ccccc2)cc1. The summed E-state index contributed by atoms with van der Waals surface area (Å²) in [5, 5.41) is 6.03. The maximum atomic E-state index is 12.6. The summed E-state index contributed by atoms with van der Waals surface area (Å²) in [5.41, 5.74) is 1.40. The third kappa shape index (κ3) is 5.82. The molecule has 6 nitrogen and oxygen atoms in total. The van der Waals surface area contributed by atoms with Crippen LogP contribution in [0.25, 0.3) is 0 Å². The van der Waals surface area contributed by atoms with Crippen LogP contribution < -0.4 is 15.4 Å². The fourth-order valence-corrected chi connectivity index (χ4v) is 2.80. The molecule has 2 aromatic rings. The Morgan fingerprint density at radius 1 is 1.19 bits per heavy atom. The van der Waals surface area contributed by atoms with Gasteiger partial charge in [-0.1, -0.05) is 18.2 Å². The van der Waals surface area contributed by atoms with E-state index in [0.717, 1.165) is 30.9 Å². The number of aliphatic imine (C=N–C) groups is 1. The van der Waals surface area contributed by atoms with Crippen molar-refractivity contribution in [2.45, 2.75) is 25.9 Å². The molecule has 1 heterocycles. The summed E-state index contributed by atoms with van der Waals surface area (Å²) < 4.78 is 11.0. The van der Waals surface area contributed by atoms with E-state index in [-0.39, 0.29) is 12.0 Å². The number of carbonyl (C=O) groups is 1. The molecule has 1 saturated heterocycles. The van der Waals surface area contributed by atoms with E-state index in [4.69, 9.17) is 9.47 Å². The highest BCUT2D eigenvalue weighted by Crippen LogP contribution is 2.14. The van der Waals surface area contributed by atoms with Crippen LogP contribution >= 0.6 is 0 Å². The van der Waals surface area contributed by atoms with Crippen LogP contribution in [0.1, 0.15) is 30.1 Å². The molecule has 0 unspecified atom stereocenters. The summed E-state index contributed by atoms with van der Waals surface area (Å²) in [6.45, 7) is 3.80. The van der Waals surface area contributed by atoms with Crippen molar-refractivity contribution in [2.75, 3.05) is 25.1 Å². The van der Waals surface area contributed by atoms with Gasteiger partial charge in [0.2, 0.25) is 5.96 Å². The van der Waals surface area contributed by atoms with Crippen molar-refractivity contribution in [3.63, 3.8) is 0 Å². The Morgan fingerprint density at radius 2 is 1.96 bits per heavy atom. The zero-order valence-corrected chi connectivity index (χ0v) is 15.5. The largest absolute Gasteiger partial charge is 0.494 e. The molecule has 1 aliphatic rings. The molecule has 0 radical (unpaired) electrons. The summed E-state index contributed by atoms with van der Waals surface area (Å²) in [6, 6.07) is 16.7. The van der Waals surface area contributed by atoms with Crippen molar-refractivity contribution in [3.8, 4) is 5.75 Å². The second-order valence-electron chi connectivity index (χ2n) is 6.23. The van der Waals surface area contributed by atoms with E-state index in [2.05, 4.69) is 15.6 Å². The first kappa shape index (κ1) is 18.9. The van der Waals surface area contributed by atoms with Gasteiger partial charge in [0.05, 0.1) is 19.3 Å². The molecule has 1 amide bonds. The second kappa shape index (κ2) is 9.73. The molecule has 1 atom stereocenters. The first-order valence-corrected chi connectivity index (χ1v) is 9.27. The number of carbonyl (C=O) groups excluding carboxylic acids is 1. The van der Waals surface area contributed by atoms with Crippen molar-refractivity contribution >= 4 is 17.6 Å². The predicted octanol–water partition coefficient (Wildman–Crippen LogP) is 3.46. The number of benzene rings is 2. The lowest BCUT2D eigenvalue weighted by Gasteiger charge is -2.13. The minimum absolute atomic E-state index is 0.111. The number of hydrogen-bond donors (Lipinski definition) is 2. The topological polar surface area (TPSA) is 72.0 Å². The zero-order valence-electron chi connectivity index (χ0n) is 15.5. The van der Waals surface area contributed by atoms with E-state index in [1.54, 1.807) is 24.3 Å². The van der Waals surface area contributed by atoms with Gasteiger partial charge in [0, 0.05) is 17.9 Å². The van der Waals surface area contributed by atoms with Crippen LogP contribution in [-0.4, -0.2) is 37.7 Å². The summed E-state index contributed by atoms with van der Waals surface area (Å²) in [6.07, 6.45) is 2.16. The molecule has 0 bridgehead atoms. The lowest BCUT2D eigenvalue weighted by Crippen LogP contribution is -2.36. The molecule has 0 saturated carbocycles. The first-order chi connectivity index (χ1) is 13.2. The first-order valence-electron chi connectivity index (χ1n) is 9.27. The monoisotopic (exact) mass is 367 g/mol. The van der Waals surface area contributed by atoms with Crippen LogP contribution in [-0.2, 0) is 4.74 Å². The molecular weight excluding hydrogens is 342 g/mol. The molecule has 2 aromatic carbocycles. The Balaban J connectivity index is 1.68. The van der Waals surface area contributed by atoms with Crippen LogP contribution in [0, 0.1) is 0 Å². The summed E-state index contributed by atoms with van der Waals surface area (Å²) in [5.74, 6) is 0.923. The Morgan fingerprint density at radius 3 is 2.63 bits per heavy atom. The van der Waals surface area contributed by atoms with Gasteiger partial charge in [0.15, 0.2) is 0 Å². The molecule has 6 heteroatoms. The fourth-order valence-electron chi connectivity index (χ4n) is 2.80. The van der Waals surface area contributed by atoms with Crippen molar-refractivity contribution in [1.29, 1.82) is 0 Å². The number of amides is 1. The van der Waals surface area contributed by atoms with Crippen LogP contribution in [0.2, 0.25) is 0 Å². The normalized spacial score (nSPS) is 16.8. The Hall–Kier alpha value is -2.86. The molecule has 1 fully saturated rings. The molecule has 27 heavy (non-hydrogen) atoms. The van der Waals surface area contributed by atoms with Gasteiger partial charge in [0.1, 0.15) is 5.75 Å². The average molecular weight is 367 g/mol. The lowest BCUT2D eigenvalue weighted by atomic mass is 10.2. The van der Waals surface area contributed by atoms with Gasteiger partial charge < -0.3 is 14.8 Å². The summed E-state index contributed by atoms with van der Waals surface area (Å²) in [4.78, 5) is 17.1. The van der Waals surface area contributed by atoms with E-state index in [1.807, 2.05) is 37.3 Å². The molecule has 1 aliphatic heterocycles. The van der Waals surface area contributed by atoms with E-state index in [1.165, 1.54) is 0 Å². The molecular formula is C21H25N3O3. The Kier molecular flexibility index (Phi) is 6.82. The van der Waals surface area contributed by atoms with E-state index < -0.39 is 0 Å². The third-order valence-electron chi connectivity index (χ3n) is 4.17. The van der Waals surface area contributed by atoms with Crippen molar-refractivity contribution in [1.82, 2.24) is 5.32 Å². The van der Waals surface area contributed by atoms with Crippen molar-refractivity contribution in [3.05, 3.63) is 60.2 Å². The minimum atomic E-state index is -0.229. The molecule has 0 aliphatic carbocycles. The van der Waals surface area contributed by atoms with Crippen LogP contribution in [0.15, 0.2) is 59.6 Å². The maximum absolute atomic E-state index is 12.6. The molecule has 3 rings (SSSR count). The average Bonchev–Trinajstić information content (AvgIpc) is 3.21. The highest BCUT2D eigenvalue weighted by molar-refractivity contribution is 6.10. The Labute approximate surface area is 159 Å². The number of rotatable bonds is 6. The van der Waals surface area contributed by atoms with Crippen LogP contribution in [0.3, 0.4) is 0 Å². The van der Waals surface area contributed by atoms with Crippen molar-refractivity contribution in [2.24, 2.45) is 4.99 Å². The fraction of sp³-hybridized carbons (Fsp3) is 0.333. The van der Waals surface area contributed by atoms with Gasteiger partial charge in [-0.15, -0.1) is 0 Å². The highest BCUT2D eigenvalue weighted by Gasteiger charge is 2.16. The number of anilines is 1. The van der Waals surface area contributed by atoms with E-state index >= 15 is 0 Å². The van der Waals surface area contributed by atoms with Gasteiger partial charge in [-0.3, -0.25) is 10.1 Å². The zero-order chi connectivity index (χ0) is 18.9. The van der Waals surface area contributed by atoms with Crippen LogP contribution in [0.5, 0.6) is 5.75 Å². The lowest BCUT2D eigenvalue weighted by molar-refractivity contribution is 0.0975. The smallest absolute Gasteiger partial charge is 0.257 e. The molecule has 0 aromatic heterocycles. The predicted molar refractivity (Wildman–Crippen MR) is 106 cm³/mol. The van der Waals surface area contributed by atoms with Crippen molar-refractivity contribution < 1.29 is 14.3 Å². The third-order valence-corrected chi connectivity index (χ3v) is 4.17. The molecule has 2 N–H and O–H groups in total. The molecule has 0 spiro atoms. The molecule has 142 valence electrons.